The van der Waals surface area contributed by atoms with Gasteiger partial charge in [-0.05, 0) is 40.2 Å². The van der Waals surface area contributed by atoms with Crippen molar-refractivity contribution >= 4 is 0 Å². The average molecular weight is 252 g/mol. The molecule has 1 aromatic heterocycles. The molecule has 2 heterocycles. The number of aromatic nitrogens is 1. The van der Waals surface area contributed by atoms with E-state index in [2.05, 4.69) is 23.7 Å². The molecule has 1 aliphatic rings. The summed E-state index contributed by atoms with van der Waals surface area (Å²) in [6.07, 6.45) is 5.31. The second-order valence-corrected chi connectivity index (χ2v) is 5.61. The first-order chi connectivity index (χ1) is 8.56. The number of likely N-dealkylation sites (tertiary alicyclic amines) is 1. The van der Waals surface area contributed by atoms with Crippen molar-refractivity contribution in [2.45, 2.75) is 64.6 Å². The van der Waals surface area contributed by atoms with Crippen LogP contribution in [0.1, 0.15) is 45.3 Å². The molecular weight excluding hydrogens is 228 g/mol. The summed E-state index contributed by atoms with van der Waals surface area (Å²) in [7, 11) is 0. The van der Waals surface area contributed by atoms with Crippen molar-refractivity contribution in [1.82, 2.24) is 9.88 Å². The Morgan fingerprint density at radius 3 is 2.94 bits per heavy atom. The Morgan fingerprint density at radius 1 is 1.50 bits per heavy atom. The number of hydrogen-bond donors (Lipinski definition) is 1. The third-order valence-electron chi connectivity index (χ3n) is 3.59. The van der Waals surface area contributed by atoms with Gasteiger partial charge in [0.1, 0.15) is 5.76 Å². The number of aliphatic hydroxyl groups is 1. The minimum absolute atomic E-state index is 0.371. The number of rotatable bonds is 5. The van der Waals surface area contributed by atoms with Gasteiger partial charge in [-0.1, -0.05) is 0 Å². The van der Waals surface area contributed by atoms with Gasteiger partial charge in [0.15, 0.2) is 5.89 Å². The van der Waals surface area contributed by atoms with Crippen molar-refractivity contribution in [3.8, 4) is 0 Å². The predicted molar refractivity (Wildman–Crippen MR) is 70.5 cm³/mol. The van der Waals surface area contributed by atoms with Gasteiger partial charge < -0.3 is 9.52 Å². The van der Waals surface area contributed by atoms with Gasteiger partial charge in [0.25, 0.3) is 0 Å². The highest BCUT2D eigenvalue weighted by Gasteiger charge is 2.27. The maximum Gasteiger partial charge on any atom is 0.195 e. The zero-order valence-corrected chi connectivity index (χ0v) is 11.6. The highest BCUT2D eigenvalue weighted by molar-refractivity contribution is 4.98. The maximum atomic E-state index is 9.32. The molecule has 1 fully saturated rings. The second kappa shape index (κ2) is 5.85. The third-order valence-corrected chi connectivity index (χ3v) is 3.59. The van der Waals surface area contributed by atoms with Crippen LogP contribution in [0.4, 0.5) is 0 Å². The normalized spacial score (nSPS) is 22.8. The molecule has 2 atom stereocenters. The lowest BCUT2D eigenvalue weighted by atomic mass is 10.1. The molecule has 2 unspecified atom stereocenters. The molecule has 1 aromatic rings. The fraction of sp³-hybridized carbons (Fsp3) is 0.786. The molecule has 18 heavy (non-hydrogen) atoms. The summed E-state index contributed by atoms with van der Waals surface area (Å²) in [6.45, 7) is 7.43. The van der Waals surface area contributed by atoms with Crippen LogP contribution < -0.4 is 0 Å². The molecule has 102 valence electrons. The highest BCUT2D eigenvalue weighted by Crippen LogP contribution is 2.23. The predicted octanol–water partition coefficient (Wildman–Crippen LogP) is 2.01. The van der Waals surface area contributed by atoms with Crippen molar-refractivity contribution in [3.05, 3.63) is 17.8 Å². The van der Waals surface area contributed by atoms with E-state index in [-0.39, 0.29) is 6.10 Å². The van der Waals surface area contributed by atoms with Gasteiger partial charge in [-0.15, -0.1) is 0 Å². The van der Waals surface area contributed by atoms with Crippen molar-refractivity contribution in [2.24, 2.45) is 0 Å². The van der Waals surface area contributed by atoms with E-state index in [0.29, 0.717) is 18.5 Å². The maximum absolute atomic E-state index is 9.32. The van der Waals surface area contributed by atoms with Crippen LogP contribution in [0.5, 0.6) is 0 Å². The van der Waals surface area contributed by atoms with Gasteiger partial charge in [0.05, 0.1) is 12.3 Å². The molecule has 0 bridgehead atoms. The molecular formula is C14H24N2O2. The van der Waals surface area contributed by atoms with E-state index in [0.717, 1.165) is 18.1 Å². The fourth-order valence-corrected chi connectivity index (χ4v) is 2.79. The van der Waals surface area contributed by atoms with Gasteiger partial charge in [-0.25, -0.2) is 4.98 Å². The van der Waals surface area contributed by atoms with Crippen molar-refractivity contribution in [1.29, 1.82) is 0 Å². The molecule has 0 aromatic carbocycles. The quantitative estimate of drug-likeness (QED) is 0.871. The zero-order chi connectivity index (χ0) is 13.1. The number of aliphatic hydroxyl groups excluding tert-OH is 1. The molecule has 1 aliphatic heterocycles. The largest absolute Gasteiger partial charge is 0.446 e. The van der Waals surface area contributed by atoms with Crippen molar-refractivity contribution in [2.75, 3.05) is 6.54 Å². The van der Waals surface area contributed by atoms with Crippen LogP contribution in [-0.4, -0.2) is 39.7 Å². The topological polar surface area (TPSA) is 49.5 Å². The summed E-state index contributed by atoms with van der Waals surface area (Å²) < 4.78 is 5.69. The lowest BCUT2D eigenvalue weighted by Gasteiger charge is -2.27. The first kappa shape index (κ1) is 13.6. The molecule has 1 saturated heterocycles. The average Bonchev–Trinajstić information content (AvgIpc) is 2.87. The second-order valence-electron chi connectivity index (χ2n) is 5.61. The summed E-state index contributed by atoms with van der Waals surface area (Å²) in [4.78, 5) is 6.85. The smallest absolute Gasteiger partial charge is 0.195 e. The lowest BCUT2D eigenvalue weighted by Crippen LogP contribution is -2.36. The van der Waals surface area contributed by atoms with Crippen molar-refractivity contribution in [3.63, 3.8) is 0 Å². The third kappa shape index (κ3) is 3.33. The molecule has 0 saturated carbocycles. The summed E-state index contributed by atoms with van der Waals surface area (Å²) in [5, 5.41) is 9.32. The van der Waals surface area contributed by atoms with Crippen LogP contribution >= 0.6 is 0 Å². The van der Waals surface area contributed by atoms with Gasteiger partial charge in [0.2, 0.25) is 0 Å². The minimum atomic E-state index is -0.371. The van der Waals surface area contributed by atoms with E-state index in [1.54, 1.807) is 13.1 Å². The van der Waals surface area contributed by atoms with E-state index in [9.17, 15) is 5.11 Å². The van der Waals surface area contributed by atoms with Crippen LogP contribution in [0.2, 0.25) is 0 Å². The van der Waals surface area contributed by atoms with Crippen LogP contribution in [0.3, 0.4) is 0 Å². The van der Waals surface area contributed by atoms with Crippen LogP contribution in [0.15, 0.2) is 10.6 Å². The van der Waals surface area contributed by atoms with Gasteiger partial charge >= 0.3 is 0 Å². The summed E-state index contributed by atoms with van der Waals surface area (Å²) in [5.41, 5.74) is 0. The highest BCUT2D eigenvalue weighted by atomic mass is 16.4. The Labute approximate surface area is 109 Å². The Kier molecular flexibility index (Phi) is 4.40. The Morgan fingerprint density at radius 2 is 2.28 bits per heavy atom. The van der Waals surface area contributed by atoms with Crippen molar-refractivity contribution < 1.29 is 9.52 Å². The Hall–Kier alpha value is -0.870. The lowest BCUT2D eigenvalue weighted by molar-refractivity contribution is 0.182. The Balaban J connectivity index is 1.94. The molecule has 1 N–H and O–H groups in total. The summed E-state index contributed by atoms with van der Waals surface area (Å²) >= 11 is 0. The Bertz CT molecular complexity index is 374. The fourth-order valence-electron chi connectivity index (χ4n) is 2.79. The molecule has 4 heteroatoms. The molecule has 0 spiro atoms. The molecule has 2 rings (SSSR count). The summed E-state index contributed by atoms with van der Waals surface area (Å²) in [5.74, 6) is 1.59. The van der Waals surface area contributed by atoms with Crippen LogP contribution in [-0.2, 0) is 12.8 Å². The number of nitrogens with zero attached hydrogens (tertiary/aromatic N) is 2. The van der Waals surface area contributed by atoms with E-state index in [4.69, 9.17) is 4.42 Å². The molecule has 4 nitrogen and oxygen atoms in total. The van der Waals surface area contributed by atoms with Gasteiger partial charge in [-0.2, -0.15) is 0 Å². The van der Waals surface area contributed by atoms with E-state index in [1.807, 2.05) is 0 Å². The van der Waals surface area contributed by atoms with Gasteiger partial charge in [0, 0.05) is 24.9 Å². The van der Waals surface area contributed by atoms with E-state index < -0.39 is 0 Å². The number of oxazole rings is 1. The first-order valence-electron chi connectivity index (χ1n) is 6.93. The molecule has 0 amide bonds. The van der Waals surface area contributed by atoms with Gasteiger partial charge in [-0.3, -0.25) is 4.90 Å². The standard InChI is InChI=1S/C14H24N2O2/c1-10(2)16-6-4-5-12(16)8-14-15-9-13(18-14)7-11(3)17/h9-12,17H,4-8H2,1-3H3. The van der Waals surface area contributed by atoms with Crippen LogP contribution in [0.25, 0.3) is 0 Å². The SMILES string of the molecule is CC(O)Cc1cnc(CC2CCCN2C(C)C)o1. The molecule has 0 aliphatic carbocycles. The monoisotopic (exact) mass is 252 g/mol. The van der Waals surface area contributed by atoms with E-state index in [1.165, 1.54) is 19.4 Å². The first-order valence-corrected chi connectivity index (χ1v) is 6.93. The van der Waals surface area contributed by atoms with E-state index >= 15 is 0 Å². The minimum Gasteiger partial charge on any atom is -0.446 e. The molecule has 0 radical (unpaired) electrons. The summed E-state index contributed by atoms with van der Waals surface area (Å²) in [6, 6.07) is 1.15. The van der Waals surface area contributed by atoms with Crippen LogP contribution in [0, 0.1) is 0 Å². The zero-order valence-electron chi connectivity index (χ0n) is 11.6. The number of hydrogen-bond acceptors (Lipinski definition) is 4.